The molecule has 0 radical (unpaired) electrons. The number of imidazole rings is 1. The number of aromatic nitrogens is 9. The van der Waals surface area contributed by atoms with Crippen molar-refractivity contribution in [3.8, 4) is 0 Å². The Morgan fingerprint density at radius 3 is 3.20 bits per heavy atom. The van der Waals surface area contributed by atoms with E-state index in [0.29, 0.717) is 23.7 Å². The molecule has 4 rings (SSSR count). The van der Waals surface area contributed by atoms with Gasteiger partial charge in [-0.15, -0.1) is 10.2 Å². The maximum absolute atomic E-state index is 4.48. The van der Waals surface area contributed by atoms with Crippen LogP contribution < -0.4 is 0 Å². The third-order valence-corrected chi connectivity index (χ3v) is 4.59. The van der Waals surface area contributed by atoms with E-state index in [4.69, 9.17) is 0 Å². The van der Waals surface area contributed by atoms with Gasteiger partial charge in [-0.05, 0) is 16.7 Å². The van der Waals surface area contributed by atoms with Gasteiger partial charge in [0.25, 0.3) is 0 Å². The molecule has 9 nitrogen and oxygen atoms in total. The van der Waals surface area contributed by atoms with Gasteiger partial charge in [0.15, 0.2) is 15.0 Å². The van der Waals surface area contributed by atoms with E-state index in [1.165, 1.54) is 11.3 Å². The minimum atomic E-state index is 0.489. The lowest BCUT2D eigenvalue weighted by Gasteiger charge is -1.95. The van der Waals surface area contributed by atoms with Crippen molar-refractivity contribution in [1.82, 2.24) is 45.2 Å². The van der Waals surface area contributed by atoms with E-state index in [9.17, 15) is 0 Å². The first kappa shape index (κ1) is 11.7. The molecule has 0 atom stereocenters. The minimum absolute atomic E-state index is 0.489. The lowest BCUT2D eigenvalue weighted by molar-refractivity contribution is 0.777. The number of nitrogens with zero attached hydrogens (tertiary/aromatic N) is 8. The zero-order valence-corrected chi connectivity index (χ0v) is 11.8. The fourth-order valence-electron chi connectivity index (χ4n) is 1.78. The highest BCUT2D eigenvalue weighted by atomic mass is 32.2. The number of hydrogen-bond acceptors (Lipinski definition) is 9. The van der Waals surface area contributed by atoms with E-state index in [0.717, 1.165) is 14.9 Å². The average Bonchev–Trinajstić information content (AvgIpc) is 3.14. The first-order valence-corrected chi connectivity index (χ1v) is 7.65. The van der Waals surface area contributed by atoms with Gasteiger partial charge in [0.2, 0.25) is 11.4 Å². The maximum Gasteiger partial charge on any atom is 0.247 e. The molecule has 0 spiro atoms. The molecule has 20 heavy (non-hydrogen) atoms. The minimum Gasteiger partial charge on any atom is -0.225 e. The van der Waals surface area contributed by atoms with Crippen molar-refractivity contribution in [2.24, 2.45) is 0 Å². The Morgan fingerprint density at radius 1 is 1.35 bits per heavy atom. The van der Waals surface area contributed by atoms with Crippen LogP contribution in [-0.4, -0.2) is 51.4 Å². The topological polar surface area (TPSA) is 110 Å². The molecule has 0 unspecified atom stereocenters. The van der Waals surface area contributed by atoms with Crippen LogP contribution in [0.15, 0.2) is 10.5 Å². The molecule has 1 N–H and O–H groups in total. The van der Waals surface area contributed by atoms with Crippen LogP contribution in [0.4, 0.5) is 0 Å². The number of nitrogens with one attached hydrogen (secondary N) is 1. The molecule has 100 valence electrons. The van der Waals surface area contributed by atoms with Crippen LogP contribution in [0.2, 0.25) is 0 Å². The molecule has 0 fully saturated rings. The van der Waals surface area contributed by atoms with E-state index in [-0.39, 0.29) is 0 Å². The van der Waals surface area contributed by atoms with Crippen LogP contribution in [0.1, 0.15) is 11.5 Å². The molecule has 0 saturated heterocycles. The zero-order chi connectivity index (χ0) is 13.5. The number of thiazole rings is 1. The van der Waals surface area contributed by atoms with Gasteiger partial charge in [-0.2, -0.15) is 4.52 Å². The largest absolute Gasteiger partial charge is 0.247 e. The van der Waals surface area contributed by atoms with Crippen LogP contribution in [-0.2, 0) is 6.42 Å². The summed E-state index contributed by atoms with van der Waals surface area (Å²) >= 11 is 3.08. The third-order valence-electron chi connectivity index (χ3n) is 2.67. The summed E-state index contributed by atoms with van der Waals surface area (Å²) in [6, 6.07) is 0. The van der Waals surface area contributed by atoms with Crippen molar-refractivity contribution in [1.29, 1.82) is 0 Å². The number of thioether (sulfide) groups is 1. The quantitative estimate of drug-likeness (QED) is 0.547. The molecule has 11 heteroatoms. The van der Waals surface area contributed by atoms with Crippen molar-refractivity contribution in [2.45, 2.75) is 10.8 Å². The molecule has 4 aromatic rings. The standard InChI is InChI=1S/C9H7N9S2/c1-19-9-12-6-7(20-9)11-5(13-14-6)2-4-3-10-8-15-16-17-18(4)8/h3H,2H2,1H3,(H,10,15,17). The van der Waals surface area contributed by atoms with Gasteiger partial charge < -0.3 is 0 Å². The Labute approximate surface area is 119 Å². The molecule has 0 aliphatic rings. The molecule has 0 bridgehead atoms. The Morgan fingerprint density at radius 2 is 2.30 bits per heavy atom. The van der Waals surface area contributed by atoms with Crippen molar-refractivity contribution in [2.75, 3.05) is 6.26 Å². The van der Waals surface area contributed by atoms with E-state index >= 15 is 0 Å². The molecular formula is C9H7N9S2. The number of H-pyrrole nitrogens is 1. The zero-order valence-electron chi connectivity index (χ0n) is 10.2. The van der Waals surface area contributed by atoms with Gasteiger partial charge in [-0.3, -0.25) is 0 Å². The van der Waals surface area contributed by atoms with Crippen molar-refractivity contribution in [3.63, 3.8) is 0 Å². The molecular weight excluding hydrogens is 298 g/mol. The predicted molar refractivity (Wildman–Crippen MR) is 72.7 cm³/mol. The van der Waals surface area contributed by atoms with Crippen molar-refractivity contribution in [3.05, 3.63) is 17.7 Å². The van der Waals surface area contributed by atoms with Gasteiger partial charge in [0.05, 0.1) is 18.3 Å². The lowest BCUT2D eigenvalue weighted by atomic mass is 10.3. The first-order valence-electron chi connectivity index (χ1n) is 5.61. The predicted octanol–water partition coefficient (Wildman–Crippen LogP) is 0.560. The number of aromatic amines is 1. The molecule has 0 saturated carbocycles. The van der Waals surface area contributed by atoms with Crippen LogP contribution in [0.5, 0.6) is 0 Å². The van der Waals surface area contributed by atoms with Crippen molar-refractivity contribution < 1.29 is 0 Å². The number of fused-ring (bicyclic) bond motifs is 2. The van der Waals surface area contributed by atoms with E-state index in [1.54, 1.807) is 22.5 Å². The molecule has 4 heterocycles. The van der Waals surface area contributed by atoms with Crippen LogP contribution >= 0.6 is 23.1 Å². The average molecular weight is 305 g/mol. The highest BCUT2D eigenvalue weighted by molar-refractivity contribution is 8.00. The van der Waals surface area contributed by atoms with Gasteiger partial charge in [0.1, 0.15) is 0 Å². The fourth-order valence-corrected chi connectivity index (χ4v) is 3.16. The highest BCUT2D eigenvalue weighted by Gasteiger charge is 2.12. The normalized spacial score (nSPS) is 11.7. The monoisotopic (exact) mass is 305 g/mol. The first-order chi connectivity index (χ1) is 9.83. The summed E-state index contributed by atoms with van der Waals surface area (Å²) in [6.07, 6.45) is 4.18. The second-order valence-corrected chi connectivity index (χ2v) is 5.93. The molecule has 4 aromatic heterocycles. The summed E-state index contributed by atoms with van der Waals surface area (Å²) in [7, 11) is 0. The Kier molecular flexibility index (Phi) is 2.60. The Balaban J connectivity index is 1.73. The van der Waals surface area contributed by atoms with Crippen LogP contribution in [0.25, 0.3) is 16.3 Å². The van der Waals surface area contributed by atoms with Gasteiger partial charge in [0, 0.05) is 0 Å². The molecule has 0 aliphatic heterocycles. The van der Waals surface area contributed by atoms with E-state index in [2.05, 4.69) is 40.7 Å². The summed E-state index contributed by atoms with van der Waals surface area (Å²) in [5, 5.41) is 18.5. The second kappa shape index (κ2) is 4.45. The SMILES string of the molecule is CSc1nc2nnc(Cc3cnc4[nH]nnn34)nc2s1. The summed E-state index contributed by atoms with van der Waals surface area (Å²) < 4.78 is 2.55. The Hall–Kier alpha value is -2.14. The second-order valence-electron chi connectivity index (χ2n) is 3.90. The number of rotatable bonds is 3. The van der Waals surface area contributed by atoms with E-state index < -0.39 is 0 Å². The third kappa shape index (κ3) is 1.82. The maximum atomic E-state index is 4.48. The van der Waals surface area contributed by atoms with Gasteiger partial charge in [-0.1, -0.05) is 23.1 Å². The van der Waals surface area contributed by atoms with E-state index in [1.807, 2.05) is 6.26 Å². The van der Waals surface area contributed by atoms with Crippen LogP contribution in [0.3, 0.4) is 0 Å². The molecule has 0 aliphatic carbocycles. The fraction of sp³-hybridized carbons (Fsp3) is 0.222. The summed E-state index contributed by atoms with van der Waals surface area (Å²) in [6.45, 7) is 0. The van der Waals surface area contributed by atoms with Crippen LogP contribution in [0, 0.1) is 0 Å². The number of hydrogen-bond donors (Lipinski definition) is 1. The summed E-state index contributed by atoms with van der Waals surface area (Å²) in [5.74, 6) is 1.20. The lowest BCUT2D eigenvalue weighted by Crippen LogP contribution is -2.01. The highest BCUT2D eigenvalue weighted by Crippen LogP contribution is 2.25. The molecule has 0 aromatic carbocycles. The van der Waals surface area contributed by atoms with Crippen molar-refractivity contribution >= 4 is 39.4 Å². The summed E-state index contributed by atoms with van der Waals surface area (Å²) in [4.78, 5) is 13.7. The Bertz CT molecular complexity index is 891. The smallest absolute Gasteiger partial charge is 0.225 e. The summed E-state index contributed by atoms with van der Waals surface area (Å²) in [5.41, 5.74) is 1.44. The van der Waals surface area contributed by atoms with Gasteiger partial charge >= 0.3 is 0 Å². The van der Waals surface area contributed by atoms with Gasteiger partial charge in [-0.25, -0.2) is 20.1 Å². The molecule has 0 amide bonds. The number of tetrazole rings is 1.